The van der Waals surface area contributed by atoms with Crippen molar-refractivity contribution >= 4 is 5.78 Å². The van der Waals surface area contributed by atoms with Gasteiger partial charge in [0.15, 0.2) is 0 Å². The zero-order chi connectivity index (χ0) is 19.0. The number of Topliss-reactive ketones (excluding diaryl/α,β-unsaturated/α-hetero) is 1. The van der Waals surface area contributed by atoms with Crippen LogP contribution >= 0.6 is 0 Å². The molecule has 0 amide bonds. The van der Waals surface area contributed by atoms with Gasteiger partial charge in [0.25, 0.3) is 0 Å². The lowest BCUT2D eigenvalue weighted by atomic mass is 9.54. The summed E-state index contributed by atoms with van der Waals surface area (Å²) in [5, 5.41) is 0. The first-order valence-corrected chi connectivity index (χ1v) is 11.5. The molecule has 3 unspecified atom stereocenters. The van der Waals surface area contributed by atoms with Gasteiger partial charge in [-0.15, -0.1) is 0 Å². The number of hydrogen-bond donors (Lipinski definition) is 0. The van der Waals surface area contributed by atoms with Crippen molar-refractivity contribution in [1.82, 2.24) is 4.90 Å². The summed E-state index contributed by atoms with van der Waals surface area (Å²) in [7, 11) is 2.29. The largest absolute Gasteiger partial charge is 0.306 e. The molecule has 4 fully saturated rings. The second kappa shape index (κ2) is 7.85. The standard InChI is InChI=1S/C25H39NO/c1-4-6-18-10-11-22-20(15-18)12-13-25(2)23(27)16-21(24(22)25)7-5-14-26(3)17-19-8-9-19/h4,6,19-22,24H,1,5,7-17H2,2-3H3/b18-6-/t20?,21-,22?,24?,25-/m1/s1. The SMILES string of the molecule is C=C/C=C1/CCC2C(CC[C@]3(C)C(=O)C[C@@H](CCCN(C)CC4CC4)C23)C1. The minimum Gasteiger partial charge on any atom is -0.306 e. The lowest BCUT2D eigenvalue weighted by Crippen LogP contribution is -2.44. The van der Waals surface area contributed by atoms with E-state index in [0.717, 1.165) is 30.6 Å². The Kier molecular flexibility index (Phi) is 5.65. The highest BCUT2D eigenvalue weighted by atomic mass is 16.1. The Morgan fingerprint density at radius 3 is 2.78 bits per heavy atom. The number of carbonyl (C=O) groups is 1. The molecule has 4 aliphatic rings. The van der Waals surface area contributed by atoms with Crippen LogP contribution in [0.5, 0.6) is 0 Å². The summed E-state index contributed by atoms with van der Waals surface area (Å²) in [6.07, 6.45) is 16.7. The highest BCUT2D eigenvalue weighted by Crippen LogP contribution is 2.61. The Balaban J connectivity index is 1.40. The van der Waals surface area contributed by atoms with Crippen LogP contribution in [-0.4, -0.2) is 30.8 Å². The third-order valence-electron chi connectivity index (χ3n) is 8.49. The quantitative estimate of drug-likeness (QED) is 0.578. The molecule has 0 aromatic carbocycles. The molecule has 5 atom stereocenters. The molecule has 2 heteroatoms. The van der Waals surface area contributed by atoms with Crippen LogP contribution in [0.2, 0.25) is 0 Å². The van der Waals surface area contributed by atoms with Crippen LogP contribution in [0.25, 0.3) is 0 Å². The molecule has 150 valence electrons. The van der Waals surface area contributed by atoms with Crippen LogP contribution < -0.4 is 0 Å². The van der Waals surface area contributed by atoms with E-state index in [0.29, 0.717) is 17.6 Å². The number of hydrogen-bond acceptors (Lipinski definition) is 2. The van der Waals surface area contributed by atoms with E-state index >= 15 is 0 Å². The lowest BCUT2D eigenvalue weighted by molar-refractivity contribution is -0.130. The number of rotatable bonds is 7. The Hall–Kier alpha value is -0.890. The molecule has 0 spiro atoms. The first-order chi connectivity index (χ1) is 13.0. The van der Waals surface area contributed by atoms with Gasteiger partial charge in [-0.2, -0.15) is 0 Å². The fourth-order valence-electron chi connectivity index (χ4n) is 6.94. The van der Waals surface area contributed by atoms with Gasteiger partial charge in [0.1, 0.15) is 5.78 Å². The third kappa shape index (κ3) is 3.97. The molecule has 0 saturated heterocycles. The topological polar surface area (TPSA) is 20.3 Å². The first kappa shape index (κ1) is 19.4. The van der Waals surface area contributed by atoms with E-state index in [1.165, 1.54) is 64.5 Å². The number of nitrogens with zero attached hydrogens (tertiary/aromatic N) is 1. The van der Waals surface area contributed by atoms with Crippen molar-refractivity contribution in [3.8, 4) is 0 Å². The van der Waals surface area contributed by atoms with Crippen molar-refractivity contribution in [2.45, 2.75) is 71.1 Å². The summed E-state index contributed by atoms with van der Waals surface area (Å²) in [5.41, 5.74) is 1.59. The van der Waals surface area contributed by atoms with E-state index in [-0.39, 0.29) is 5.41 Å². The zero-order valence-electron chi connectivity index (χ0n) is 17.6. The number of ketones is 1. The Labute approximate surface area is 166 Å². The highest BCUT2D eigenvalue weighted by molar-refractivity contribution is 5.87. The number of carbonyl (C=O) groups excluding carboxylic acids is 1. The molecular formula is C25H39NO. The summed E-state index contributed by atoms with van der Waals surface area (Å²) in [5.74, 6) is 4.47. The molecule has 4 saturated carbocycles. The van der Waals surface area contributed by atoms with Crippen molar-refractivity contribution in [3.63, 3.8) is 0 Å². The molecule has 0 aliphatic heterocycles. The number of allylic oxidation sites excluding steroid dienone is 3. The molecule has 0 N–H and O–H groups in total. The minimum atomic E-state index is -0.00853. The van der Waals surface area contributed by atoms with Crippen LogP contribution in [0.1, 0.15) is 71.1 Å². The van der Waals surface area contributed by atoms with Crippen molar-refractivity contribution in [2.24, 2.45) is 35.0 Å². The average Bonchev–Trinajstić information content (AvgIpc) is 3.40. The van der Waals surface area contributed by atoms with Gasteiger partial charge in [-0.3, -0.25) is 4.79 Å². The summed E-state index contributed by atoms with van der Waals surface area (Å²) in [4.78, 5) is 15.5. The van der Waals surface area contributed by atoms with Gasteiger partial charge in [0.05, 0.1) is 0 Å². The van der Waals surface area contributed by atoms with Gasteiger partial charge in [-0.05, 0) is 101 Å². The second-order valence-electron chi connectivity index (χ2n) is 10.4. The van der Waals surface area contributed by atoms with E-state index in [9.17, 15) is 4.79 Å². The molecule has 0 bridgehead atoms. The summed E-state index contributed by atoms with van der Waals surface area (Å²) in [6.45, 7) is 8.71. The average molecular weight is 370 g/mol. The molecule has 0 heterocycles. The van der Waals surface area contributed by atoms with E-state index in [2.05, 4.69) is 31.5 Å². The van der Waals surface area contributed by atoms with E-state index in [1.807, 2.05) is 6.08 Å². The Morgan fingerprint density at radius 2 is 2.04 bits per heavy atom. The minimum absolute atomic E-state index is 0.00853. The maximum absolute atomic E-state index is 13.0. The van der Waals surface area contributed by atoms with E-state index in [1.54, 1.807) is 5.57 Å². The van der Waals surface area contributed by atoms with Gasteiger partial charge in [0.2, 0.25) is 0 Å². The molecule has 2 nitrogen and oxygen atoms in total. The molecule has 0 radical (unpaired) electrons. The van der Waals surface area contributed by atoms with Crippen molar-refractivity contribution in [3.05, 3.63) is 24.3 Å². The number of fused-ring (bicyclic) bond motifs is 3. The first-order valence-electron chi connectivity index (χ1n) is 11.5. The summed E-state index contributed by atoms with van der Waals surface area (Å²) in [6, 6.07) is 0. The normalized spacial score (nSPS) is 40.3. The fourth-order valence-corrected chi connectivity index (χ4v) is 6.94. The predicted molar refractivity (Wildman–Crippen MR) is 113 cm³/mol. The monoisotopic (exact) mass is 369 g/mol. The van der Waals surface area contributed by atoms with Gasteiger partial charge >= 0.3 is 0 Å². The smallest absolute Gasteiger partial charge is 0.139 e. The second-order valence-corrected chi connectivity index (χ2v) is 10.4. The van der Waals surface area contributed by atoms with E-state index in [4.69, 9.17) is 0 Å². The third-order valence-corrected chi connectivity index (χ3v) is 8.49. The zero-order valence-corrected chi connectivity index (χ0v) is 17.6. The van der Waals surface area contributed by atoms with Crippen molar-refractivity contribution < 1.29 is 4.79 Å². The lowest BCUT2D eigenvalue weighted by Gasteiger charge is -2.50. The highest BCUT2D eigenvalue weighted by Gasteiger charge is 2.57. The van der Waals surface area contributed by atoms with Crippen LogP contribution in [-0.2, 0) is 4.79 Å². The van der Waals surface area contributed by atoms with Crippen molar-refractivity contribution in [1.29, 1.82) is 0 Å². The molecule has 0 aromatic rings. The Bertz CT molecular complexity index is 603. The molecule has 4 aliphatic carbocycles. The fraction of sp³-hybridized carbons (Fsp3) is 0.800. The predicted octanol–water partition coefficient (Wildman–Crippen LogP) is 5.64. The van der Waals surface area contributed by atoms with E-state index < -0.39 is 0 Å². The van der Waals surface area contributed by atoms with Crippen LogP contribution in [0.3, 0.4) is 0 Å². The van der Waals surface area contributed by atoms with Gasteiger partial charge in [-0.1, -0.05) is 31.2 Å². The molecule has 27 heavy (non-hydrogen) atoms. The Morgan fingerprint density at radius 1 is 1.22 bits per heavy atom. The van der Waals surface area contributed by atoms with Crippen molar-refractivity contribution in [2.75, 3.05) is 20.1 Å². The van der Waals surface area contributed by atoms with Gasteiger partial charge in [0, 0.05) is 18.4 Å². The van der Waals surface area contributed by atoms with Gasteiger partial charge < -0.3 is 4.90 Å². The molecule has 4 rings (SSSR count). The molecule has 0 aromatic heterocycles. The maximum atomic E-state index is 13.0. The van der Waals surface area contributed by atoms with Crippen LogP contribution in [0.15, 0.2) is 24.3 Å². The van der Waals surface area contributed by atoms with Gasteiger partial charge in [-0.25, -0.2) is 0 Å². The summed E-state index contributed by atoms with van der Waals surface area (Å²) >= 11 is 0. The summed E-state index contributed by atoms with van der Waals surface area (Å²) < 4.78 is 0. The maximum Gasteiger partial charge on any atom is 0.139 e. The molecular weight excluding hydrogens is 330 g/mol. The van der Waals surface area contributed by atoms with Crippen LogP contribution in [0.4, 0.5) is 0 Å². The van der Waals surface area contributed by atoms with Crippen LogP contribution in [0, 0.1) is 35.0 Å².